The molecular weight excluding hydrogens is 386 g/mol. The molecule has 6 heteroatoms. The lowest BCUT2D eigenvalue weighted by atomic mass is 9.93. The minimum atomic E-state index is -2.08. The van der Waals surface area contributed by atoms with Crippen molar-refractivity contribution in [1.82, 2.24) is 4.72 Å². The van der Waals surface area contributed by atoms with Gasteiger partial charge >= 0.3 is 0 Å². The Hall–Kier alpha value is -3.19. The van der Waals surface area contributed by atoms with Crippen LogP contribution in [0.25, 0.3) is 33.0 Å². The number of aromatic hydroxyl groups is 2. The predicted octanol–water partition coefficient (Wildman–Crippen LogP) is 4.81. The van der Waals surface area contributed by atoms with Crippen LogP contribution in [0.1, 0.15) is 5.56 Å². The molecule has 4 aromatic rings. The molecule has 4 aromatic carbocycles. The minimum Gasteiger partial charge on any atom is -0.508 e. The summed E-state index contributed by atoms with van der Waals surface area (Å²) in [6.07, 6.45) is 0. The Balaban J connectivity index is 1.80. The summed E-state index contributed by atoms with van der Waals surface area (Å²) in [5.74, 6) is 0.377. The third-order valence-corrected chi connectivity index (χ3v) is 5.18. The number of phenolic OH excluding ortho intramolecular Hbond substituents is 2. The van der Waals surface area contributed by atoms with Gasteiger partial charge in [-0.1, -0.05) is 48.5 Å². The number of benzene rings is 4. The zero-order chi connectivity index (χ0) is 20.4. The first-order chi connectivity index (χ1) is 14.0. The molecule has 0 amide bonds. The van der Waals surface area contributed by atoms with E-state index in [0.29, 0.717) is 5.56 Å². The summed E-state index contributed by atoms with van der Waals surface area (Å²) < 4.78 is 22.3. The van der Waals surface area contributed by atoms with Crippen molar-refractivity contribution in [3.8, 4) is 33.8 Å². The molecule has 1 unspecified atom stereocenters. The molecule has 0 spiro atoms. The summed E-state index contributed by atoms with van der Waals surface area (Å²) in [6.45, 7) is 0.240. The monoisotopic (exact) mass is 405 g/mol. The van der Waals surface area contributed by atoms with E-state index in [-0.39, 0.29) is 18.0 Å². The maximum atomic E-state index is 10.9. The largest absolute Gasteiger partial charge is 0.508 e. The molecule has 0 aliphatic heterocycles. The summed E-state index contributed by atoms with van der Waals surface area (Å²) in [6, 6.07) is 24.0. The second kappa shape index (κ2) is 8.05. The lowest BCUT2D eigenvalue weighted by molar-refractivity contribution is 0.475. The Morgan fingerprint density at radius 2 is 1.55 bits per heavy atom. The quantitative estimate of drug-likeness (QED) is 0.359. The topological polar surface area (TPSA) is 89.8 Å². The van der Waals surface area contributed by atoms with E-state index in [1.807, 2.05) is 54.6 Å². The molecule has 146 valence electrons. The van der Waals surface area contributed by atoms with Crippen LogP contribution in [0.2, 0.25) is 0 Å². The minimum absolute atomic E-state index is 0.165. The highest BCUT2D eigenvalue weighted by Gasteiger charge is 2.11. The maximum absolute atomic E-state index is 10.9. The fourth-order valence-electron chi connectivity index (χ4n) is 3.47. The first-order valence-electron chi connectivity index (χ1n) is 9.00. The van der Waals surface area contributed by atoms with Gasteiger partial charge in [-0.05, 0) is 63.4 Å². The summed E-state index contributed by atoms with van der Waals surface area (Å²) in [5.41, 5.74) is 4.23. The first kappa shape index (κ1) is 19.1. The number of hydrogen-bond acceptors (Lipinski definition) is 3. The molecule has 0 saturated heterocycles. The van der Waals surface area contributed by atoms with Crippen LogP contribution in [0.3, 0.4) is 0 Å². The van der Waals surface area contributed by atoms with Crippen molar-refractivity contribution in [3.63, 3.8) is 0 Å². The third-order valence-electron chi connectivity index (χ3n) is 4.79. The van der Waals surface area contributed by atoms with E-state index in [4.69, 9.17) is 4.55 Å². The van der Waals surface area contributed by atoms with E-state index in [1.165, 1.54) is 0 Å². The van der Waals surface area contributed by atoms with Crippen LogP contribution in [0.5, 0.6) is 11.5 Å². The highest BCUT2D eigenvalue weighted by atomic mass is 32.2. The van der Waals surface area contributed by atoms with Crippen LogP contribution >= 0.6 is 0 Å². The molecule has 0 radical (unpaired) electrons. The summed E-state index contributed by atoms with van der Waals surface area (Å²) in [4.78, 5) is 0. The van der Waals surface area contributed by atoms with Crippen molar-refractivity contribution in [3.05, 3.63) is 84.4 Å². The molecule has 0 aromatic heterocycles. The Labute approximate surface area is 170 Å². The zero-order valence-corrected chi connectivity index (χ0v) is 16.2. The molecule has 0 fully saturated rings. The van der Waals surface area contributed by atoms with Gasteiger partial charge in [0.2, 0.25) is 11.3 Å². The van der Waals surface area contributed by atoms with Crippen LogP contribution in [-0.2, 0) is 17.8 Å². The van der Waals surface area contributed by atoms with Crippen LogP contribution in [-0.4, -0.2) is 19.0 Å². The number of rotatable bonds is 5. The van der Waals surface area contributed by atoms with Crippen LogP contribution < -0.4 is 4.72 Å². The van der Waals surface area contributed by atoms with Gasteiger partial charge in [-0.2, -0.15) is 0 Å². The van der Waals surface area contributed by atoms with Crippen molar-refractivity contribution < 1.29 is 19.0 Å². The Bertz CT molecular complexity index is 1220. The molecule has 0 aliphatic rings. The molecule has 0 heterocycles. The average Bonchev–Trinajstić information content (AvgIpc) is 2.72. The lowest BCUT2D eigenvalue weighted by Crippen LogP contribution is -2.15. The highest BCUT2D eigenvalue weighted by molar-refractivity contribution is 7.77. The van der Waals surface area contributed by atoms with Crippen molar-refractivity contribution in [1.29, 1.82) is 0 Å². The average molecular weight is 405 g/mol. The summed E-state index contributed by atoms with van der Waals surface area (Å²) >= 11 is -2.08. The summed E-state index contributed by atoms with van der Waals surface area (Å²) in [5, 5.41) is 22.2. The van der Waals surface area contributed by atoms with Gasteiger partial charge in [-0.3, -0.25) is 4.55 Å². The molecule has 1 atom stereocenters. The fraction of sp³-hybridized carbons (Fsp3) is 0.0435. The number of hydrogen-bond donors (Lipinski definition) is 4. The number of fused-ring (bicyclic) bond motifs is 1. The van der Waals surface area contributed by atoms with Crippen LogP contribution in [0, 0.1) is 0 Å². The highest BCUT2D eigenvalue weighted by Crippen LogP contribution is 2.38. The van der Waals surface area contributed by atoms with E-state index in [2.05, 4.69) is 4.72 Å². The van der Waals surface area contributed by atoms with Crippen molar-refractivity contribution in [2.24, 2.45) is 0 Å². The van der Waals surface area contributed by atoms with Gasteiger partial charge in [0.05, 0.1) is 0 Å². The summed E-state index contributed by atoms with van der Waals surface area (Å²) in [7, 11) is 0. The second-order valence-corrected chi connectivity index (χ2v) is 7.50. The van der Waals surface area contributed by atoms with E-state index in [9.17, 15) is 14.4 Å². The molecule has 5 nitrogen and oxygen atoms in total. The van der Waals surface area contributed by atoms with Crippen molar-refractivity contribution in [2.45, 2.75) is 6.54 Å². The molecule has 4 rings (SSSR count). The number of nitrogens with one attached hydrogen (secondary N) is 1. The van der Waals surface area contributed by atoms with E-state index >= 15 is 0 Å². The van der Waals surface area contributed by atoms with E-state index in [1.54, 1.807) is 24.3 Å². The fourth-order valence-corrected chi connectivity index (χ4v) is 3.76. The third kappa shape index (κ3) is 4.14. The Kier molecular flexibility index (Phi) is 5.31. The SMILES string of the molecule is O=S(O)NCc1cccc(-c2c(O)ccc3cc(-c4cccc(O)c4)ccc23)c1. The standard InChI is InChI=1S/C23H19NO4S/c25-20-6-2-4-16(13-20)17-7-9-21-18(12-17)8-10-22(26)23(21)19-5-1-3-15(11-19)14-24-29(27)28/h1-13,24-26H,14H2,(H,27,28). The lowest BCUT2D eigenvalue weighted by Gasteiger charge is -2.12. The van der Waals surface area contributed by atoms with Crippen LogP contribution in [0.15, 0.2) is 78.9 Å². The first-order valence-corrected chi connectivity index (χ1v) is 10.1. The van der Waals surface area contributed by atoms with Gasteiger partial charge in [0.1, 0.15) is 11.5 Å². The Morgan fingerprint density at radius 1 is 0.793 bits per heavy atom. The van der Waals surface area contributed by atoms with Gasteiger partial charge < -0.3 is 10.2 Å². The zero-order valence-electron chi connectivity index (χ0n) is 15.4. The Morgan fingerprint density at radius 3 is 2.34 bits per heavy atom. The molecule has 4 N–H and O–H groups in total. The number of phenols is 2. The van der Waals surface area contributed by atoms with Gasteiger partial charge in [0.15, 0.2) is 0 Å². The van der Waals surface area contributed by atoms with Gasteiger partial charge in [0.25, 0.3) is 0 Å². The molecule has 0 bridgehead atoms. The van der Waals surface area contributed by atoms with Crippen LogP contribution in [0.4, 0.5) is 0 Å². The molecule has 0 aliphatic carbocycles. The smallest absolute Gasteiger partial charge is 0.232 e. The van der Waals surface area contributed by atoms with Crippen molar-refractivity contribution in [2.75, 3.05) is 0 Å². The van der Waals surface area contributed by atoms with Gasteiger partial charge in [-0.15, -0.1) is 0 Å². The van der Waals surface area contributed by atoms with Crippen molar-refractivity contribution >= 4 is 22.0 Å². The molecule has 29 heavy (non-hydrogen) atoms. The van der Waals surface area contributed by atoms with Gasteiger partial charge in [0, 0.05) is 12.1 Å². The molecular formula is C23H19NO4S. The maximum Gasteiger partial charge on any atom is 0.232 e. The van der Waals surface area contributed by atoms with E-state index in [0.717, 1.165) is 33.0 Å². The normalized spacial score (nSPS) is 12.2. The van der Waals surface area contributed by atoms with E-state index < -0.39 is 11.3 Å². The second-order valence-electron chi connectivity index (χ2n) is 6.72. The predicted molar refractivity (Wildman–Crippen MR) is 116 cm³/mol. The molecule has 0 saturated carbocycles. The van der Waals surface area contributed by atoms with Gasteiger partial charge in [-0.25, -0.2) is 8.93 Å².